The molecule has 0 saturated heterocycles. The molecule has 0 bridgehead atoms. The molecule has 0 spiro atoms. The highest BCUT2D eigenvalue weighted by Crippen LogP contribution is 2.24. The van der Waals surface area contributed by atoms with Crippen LogP contribution in [0.1, 0.15) is 20.3 Å². The summed E-state index contributed by atoms with van der Waals surface area (Å²) in [6, 6.07) is 7.62. The van der Waals surface area contributed by atoms with Crippen molar-refractivity contribution in [3.63, 3.8) is 0 Å². The summed E-state index contributed by atoms with van der Waals surface area (Å²) in [5.41, 5.74) is 8.27. The average Bonchev–Trinajstić information content (AvgIpc) is 2.75. The second-order valence-corrected chi connectivity index (χ2v) is 5.68. The Morgan fingerprint density at radius 1 is 1.37 bits per heavy atom. The molecule has 0 aliphatic heterocycles. The largest absolute Gasteiger partial charge is 0.375 e. The predicted molar refractivity (Wildman–Crippen MR) is 80.0 cm³/mol. The summed E-state index contributed by atoms with van der Waals surface area (Å²) >= 11 is 1.42. The monoisotopic (exact) mass is 275 g/mol. The zero-order valence-corrected chi connectivity index (χ0v) is 11.8. The number of aromatic nitrogens is 1. The van der Waals surface area contributed by atoms with Gasteiger partial charge in [0.05, 0.1) is 5.69 Å². The van der Waals surface area contributed by atoms with E-state index < -0.39 is 0 Å². The summed E-state index contributed by atoms with van der Waals surface area (Å²) in [6.07, 6.45) is 0.532. The molecule has 100 valence electrons. The molecule has 0 fully saturated rings. The van der Waals surface area contributed by atoms with Crippen molar-refractivity contribution < 1.29 is 4.79 Å². The minimum Gasteiger partial charge on any atom is -0.375 e. The SMILES string of the molecule is CC(C)CC(=O)Nc1ccc(-c2csc(N)n2)cc1. The van der Waals surface area contributed by atoms with Gasteiger partial charge in [0, 0.05) is 23.1 Å². The van der Waals surface area contributed by atoms with E-state index in [4.69, 9.17) is 5.73 Å². The Kier molecular flexibility index (Phi) is 4.16. The molecule has 0 aliphatic rings. The van der Waals surface area contributed by atoms with E-state index >= 15 is 0 Å². The minimum absolute atomic E-state index is 0.0423. The average molecular weight is 275 g/mol. The molecule has 2 rings (SSSR count). The van der Waals surface area contributed by atoms with Crippen molar-refractivity contribution in [1.29, 1.82) is 0 Å². The van der Waals surface area contributed by atoms with Gasteiger partial charge in [-0.05, 0) is 18.1 Å². The number of anilines is 2. The normalized spacial score (nSPS) is 10.7. The van der Waals surface area contributed by atoms with Gasteiger partial charge < -0.3 is 11.1 Å². The van der Waals surface area contributed by atoms with Gasteiger partial charge in [-0.3, -0.25) is 4.79 Å². The second-order valence-electron chi connectivity index (χ2n) is 4.79. The van der Waals surface area contributed by atoms with E-state index in [1.165, 1.54) is 11.3 Å². The number of thiazole rings is 1. The highest BCUT2D eigenvalue weighted by molar-refractivity contribution is 7.13. The van der Waals surface area contributed by atoms with Crippen molar-refractivity contribution in [3.05, 3.63) is 29.6 Å². The minimum atomic E-state index is 0.0423. The van der Waals surface area contributed by atoms with Gasteiger partial charge in [-0.1, -0.05) is 26.0 Å². The van der Waals surface area contributed by atoms with Crippen LogP contribution in [0.15, 0.2) is 29.6 Å². The molecule has 1 heterocycles. The van der Waals surface area contributed by atoms with Crippen LogP contribution >= 0.6 is 11.3 Å². The molecule has 1 aromatic heterocycles. The summed E-state index contributed by atoms with van der Waals surface area (Å²) < 4.78 is 0. The standard InChI is InChI=1S/C14H17N3OS/c1-9(2)7-13(18)16-11-5-3-10(4-6-11)12-8-19-14(15)17-12/h3-6,8-9H,7H2,1-2H3,(H2,15,17)(H,16,18). The Labute approximate surface area is 116 Å². The lowest BCUT2D eigenvalue weighted by Crippen LogP contribution is -2.13. The third-order valence-electron chi connectivity index (χ3n) is 2.58. The number of hydrogen-bond donors (Lipinski definition) is 2. The number of amides is 1. The fourth-order valence-corrected chi connectivity index (χ4v) is 2.30. The first-order valence-electron chi connectivity index (χ1n) is 6.16. The predicted octanol–water partition coefficient (Wildman–Crippen LogP) is 3.38. The molecule has 1 amide bonds. The number of rotatable bonds is 4. The zero-order valence-electron chi connectivity index (χ0n) is 11.0. The quantitative estimate of drug-likeness (QED) is 0.898. The van der Waals surface area contributed by atoms with Crippen LogP contribution < -0.4 is 11.1 Å². The first kappa shape index (κ1) is 13.5. The number of nitrogens with one attached hydrogen (secondary N) is 1. The van der Waals surface area contributed by atoms with Gasteiger partial charge in [-0.15, -0.1) is 11.3 Å². The molecule has 0 saturated carbocycles. The van der Waals surface area contributed by atoms with Crippen LogP contribution in [-0.2, 0) is 4.79 Å². The van der Waals surface area contributed by atoms with Crippen molar-refractivity contribution in [2.45, 2.75) is 20.3 Å². The number of carbonyl (C=O) groups excluding carboxylic acids is 1. The van der Waals surface area contributed by atoms with E-state index in [2.05, 4.69) is 10.3 Å². The van der Waals surface area contributed by atoms with Crippen molar-refractivity contribution in [3.8, 4) is 11.3 Å². The van der Waals surface area contributed by atoms with Crippen LogP contribution in [0.25, 0.3) is 11.3 Å². The molecule has 4 nitrogen and oxygen atoms in total. The molecule has 3 N–H and O–H groups in total. The van der Waals surface area contributed by atoms with Crippen molar-refractivity contribution in [2.24, 2.45) is 5.92 Å². The lowest BCUT2D eigenvalue weighted by atomic mass is 10.1. The smallest absolute Gasteiger partial charge is 0.224 e. The third-order valence-corrected chi connectivity index (χ3v) is 3.25. The lowest BCUT2D eigenvalue weighted by molar-refractivity contribution is -0.116. The molecular formula is C14H17N3OS. The maximum Gasteiger partial charge on any atom is 0.224 e. The van der Waals surface area contributed by atoms with Crippen molar-refractivity contribution >= 4 is 28.1 Å². The van der Waals surface area contributed by atoms with Gasteiger partial charge in [-0.2, -0.15) is 0 Å². The Morgan fingerprint density at radius 3 is 2.58 bits per heavy atom. The van der Waals surface area contributed by atoms with Crippen molar-refractivity contribution in [1.82, 2.24) is 4.98 Å². The molecule has 0 atom stereocenters. The van der Waals surface area contributed by atoms with E-state index in [1.807, 2.05) is 43.5 Å². The van der Waals surface area contributed by atoms with Crippen LogP contribution in [0.4, 0.5) is 10.8 Å². The molecule has 0 unspecified atom stereocenters. The van der Waals surface area contributed by atoms with E-state index in [-0.39, 0.29) is 5.91 Å². The van der Waals surface area contributed by atoms with E-state index in [1.54, 1.807) is 0 Å². The van der Waals surface area contributed by atoms with E-state index in [0.29, 0.717) is 17.5 Å². The topological polar surface area (TPSA) is 68.0 Å². The first-order valence-corrected chi connectivity index (χ1v) is 7.04. The zero-order chi connectivity index (χ0) is 13.8. The van der Waals surface area contributed by atoms with Crippen LogP contribution in [0.2, 0.25) is 0 Å². The second kappa shape index (κ2) is 5.84. The van der Waals surface area contributed by atoms with Crippen molar-refractivity contribution in [2.75, 3.05) is 11.1 Å². The van der Waals surface area contributed by atoms with Crippen LogP contribution in [-0.4, -0.2) is 10.9 Å². The summed E-state index contributed by atoms with van der Waals surface area (Å²) in [5.74, 6) is 0.401. The number of nitrogens with zero attached hydrogens (tertiary/aromatic N) is 1. The van der Waals surface area contributed by atoms with E-state index in [0.717, 1.165) is 16.9 Å². The molecule has 2 aromatic rings. The Morgan fingerprint density at radius 2 is 2.05 bits per heavy atom. The maximum absolute atomic E-state index is 11.6. The number of nitrogens with two attached hydrogens (primary N) is 1. The summed E-state index contributed by atoms with van der Waals surface area (Å²) in [6.45, 7) is 4.05. The molecule has 1 aromatic carbocycles. The van der Waals surface area contributed by atoms with Gasteiger partial charge in [0.25, 0.3) is 0 Å². The highest BCUT2D eigenvalue weighted by Gasteiger charge is 2.06. The summed E-state index contributed by atoms with van der Waals surface area (Å²) in [4.78, 5) is 15.9. The lowest BCUT2D eigenvalue weighted by Gasteiger charge is -2.07. The van der Waals surface area contributed by atoms with Gasteiger partial charge in [0.2, 0.25) is 5.91 Å². The van der Waals surface area contributed by atoms with E-state index in [9.17, 15) is 4.79 Å². The Hall–Kier alpha value is -1.88. The molecule has 0 aliphatic carbocycles. The fourth-order valence-electron chi connectivity index (χ4n) is 1.73. The maximum atomic E-state index is 11.6. The van der Waals surface area contributed by atoms with Gasteiger partial charge in [0.15, 0.2) is 5.13 Å². The van der Waals surface area contributed by atoms with Crippen LogP contribution in [0.3, 0.4) is 0 Å². The number of hydrogen-bond acceptors (Lipinski definition) is 4. The number of nitrogen functional groups attached to an aromatic ring is 1. The third kappa shape index (κ3) is 3.79. The van der Waals surface area contributed by atoms with Crippen LogP contribution in [0, 0.1) is 5.92 Å². The Bertz CT molecular complexity index is 560. The first-order chi connectivity index (χ1) is 9.04. The van der Waals surface area contributed by atoms with Gasteiger partial charge >= 0.3 is 0 Å². The molecule has 0 radical (unpaired) electrons. The highest BCUT2D eigenvalue weighted by atomic mass is 32.1. The Balaban J connectivity index is 2.04. The van der Waals surface area contributed by atoms with Gasteiger partial charge in [-0.25, -0.2) is 4.98 Å². The summed E-state index contributed by atoms with van der Waals surface area (Å²) in [5, 5.41) is 5.35. The fraction of sp³-hybridized carbons (Fsp3) is 0.286. The molecule has 19 heavy (non-hydrogen) atoms. The van der Waals surface area contributed by atoms with Gasteiger partial charge in [0.1, 0.15) is 0 Å². The summed E-state index contributed by atoms with van der Waals surface area (Å²) in [7, 11) is 0. The molecule has 5 heteroatoms. The molecular weight excluding hydrogens is 258 g/mol. The number of carbonyl (C=O) groups is 1. The number of benzene rings is 1. The van der Waals surface area contributed by atoms with Crippen LogP contribution in [0.5, 0.6) is 0 Å².